The van der Waals surface area contributed by atoms with Crippen molar-refractivity contribution >= 4 is 17.5 Å². The molecule has 2 aromatic carbocycles. The average molecular weight is 382 g/mol. The van der Waals surface area contributed by atoms with Crippen molar-refractivity contribution in [3.8, 4) is 11.5 Å². The van der Waals surface area contributed by atoms with E-state index in [2.05, 4.69) is 5.32 Å². The third kappa shape index (κ3) is 4.11. The fourth-order valence-electron chi connectivity index (χ4n) is 3.45. The van der Waals surface area contributed by atoms with E-state index in [9.17, 15) is 9.59 Å². The molecule has 148 valence electrons. The Hall–Kier alpha value is -3.02. The molecule has 6 heteroatoms. The van der Waals surface area contributed by atoms with E-state index < -0.39 is 0 Å². The molecule has 2 amide bonds. The van der Waals surface area contributed by atoms with Gasteiger partial charge in [0.25, 0.3) is 5.91 Å². The summed E-state index contributed by atoms with van der Waals surface area (Å²) in [6.45, 7) is 2.76. The summed E-state index contributed by atoms with van der Waals surface area (Å²) in [6, 6.07) is 12.7. The molecular formula is C22H26N2O4. The summed E-state index contributed by atoms with van der Waals surface area (Å²) in [4.78, 5) is 26.3. The van der Waals surface area contributed by atoms with Gasteiger partial charge >= 0.3 is 0 Å². The molecule has 1 heterocycles. The van der Waals surface area contributed by atoms with Crippen LogP contribution in [0.2, 0.25) is 0 Å². The van der Waals surface area contributed by atoms with Gasteiger partial charge in [0, 0.05) is 24.2 Å². The summed E-state index contributed by atoms with van der Waals surface area (Å²) >= 11 is 0. The number of carbonyl (C=O) groups excluding carboxylic acids is 2. The van der Waals surface area contributed by atoms with E-state index in [1.807, 2.05) is 37.3 Å². The minimum Gasteiger partial charge on any atom is -0.493 e. The molecule has 1 N–H and O–H groups in total. The molecule has 0 aromatic heterocycles. The SMILES string of the molecule is CCC(NC(=O)c1ccc(N2CCCC2=O)cc1)c1ccc(OC)c(OC)c1. The zero-order valence-corrected chi connectivity index (χ0v) is 16.5. The average Bonchev–Trinajstić information content (AvgIpc) is 3.17. The lowest BCUT2D eigenvalue weighted by molar-refractivity contribution is -0.117. The Morgan fingerprint density at radius 1 is 1.11 bits per heavy atom. The van der Waals surface area contributed by atoms with Gasteiger partial charge in [-0.1, -0.05) is 13.0 Å². The lowest BCUT2D eigenvalue weighted by atomic mass is 10.0. The number of benzene rings is 2. The van der Waals surface area contributed by atoms with Gasteiger partial charge < -0.3 is 19.7 Å². The van der Waals surface area contributed by atoms with Gasteiger partial charge in [0.15, 0.2) is 11.5 Å². The van der Waals surface area contributed by atoms with Crippen molar-refractivity contribution in [1.29, 1.82) is 0 Å². The maximum atomic E-state index is 12.7. The summed E-state index contributed by atoms with van der Waals surface area (Å²) in [5.74, 6) is 1.27. The Morgan fingerprint density at radius 2 is 1.82 bits per heavy atom. The molecule has 0 bridgehead atoms. The predicted molar refractivity (Wildman–Crippen MR) is 108 cm³/mol. The second-order valence-corrected chi connectivity index (χ2v) is 6.74. The van der Waals surface area contributed by atoms with Crippen LogP contribution < -0.4 is 19.7 Å². The van der Waals surface area contributed by atoms with Gasteiger partial charge in [-0.05, 0) is 54.8 Å². The lowest BCUT2D eigenvalue weighted by Gasteiger charge is -2.20. The summed E-state index contributed by atoms with van der Waals surface area (Å²) in [7, 11) is 3.18. The fourth-order valence-corrected chi connectivity index (χ4v) is 3.45. The molecule has 1 fully saturated rings. The number of carbonyl (C=O) groups is 2. The summed E-state index contributed by atoms with van der Waals surface area (Å²) < 4.78 is 10.6. The van der Waals surface area contributed by atoms with E-state index in [1.165, 1.54) is 0 Å². The molecule has 1 saturated heterocycles. The molecule has 2 aromatic rings. The van der Waals surface area contributed by atoms with Gasteiger partial charge in [-0.15, -0.1) is 0 Å². The van der Waals surface area contributed by atoms with Crippen molar-refractivity contribution in [2.75, 3.05) is 25.7 Å². The number of anilines is 1. The lowest BCUT2D eigenvalue weighted by Crippen LogP contribution is -2.28. The van der Waals surface area contributed by atoms with Crippen LogP contribution in [0.1, 0.15) is 48.1 Å². The first-order valence-corrected chi connectivity index (χ1v) is 9.50. The number of ether oxygens (including phenoxy) is 2. The molecule has 0 saturated carbocycles. The van der Waals surface area contributed by atoms with Crippen molar-refractivity contribution < 1.29 is 19.1 Å². The van der Waals surface area contributed by atoms with Crippen LogP contribution in [0.5, 0.6) is 11.5 Å². The van der Waals surface area contributed by atoms with Crippen LogP contribution in [0, 0.1) is 0 Å². The summed E-state index contributed by atoms with van der Waals surface area (Å²) in [5.41, 5.74) is 2.35. The van der Waals surface area contributed by atoms with Crippen LogP contribution in [-0.2, 0) is 4.79 Å². The topological polar surface area (TPSA) is 67.9 Å². The van der Waals surface area contributed by atoms with E-state index >= 15 is 0 Å². The molecule has 3 rings (SSSR count). The zero-order chi connectivity index (χ0) is 20.1. The second-order valence-electron chi connectivity index (χ2n) is 6.74. The smallest absolute Gasteiger partial charge is 0.251 e. The van der Waals surface area contributed by atoms with Gasteiger partial charge in [0.1, 0.15) is 0 Å². The highest BCUT2D eigenvalue weighted by atomic mass is 16.5. The quantitative estimate of drug-likeness (QED) is 0.793. The molecule has 1 unspecified atom stereocenters. The van der Waals surface area contributed by atoms with Crippen LogP contribution in [0.4, 0.5) is 5.69 Å². The second kappa shape index (κ2) is 8.78. The standard InChI is InChI=1S/C22H26N2O4/c1-4-18(16-9-12-19(27-2)20(14-16)28-3)23-22(26)15-7-10-17(11-8-15)24-13-5-6-21(24)25/h7-12,14,18H,4-6,13H2,1-3H3,(H,23,26). The first kappa shape index (κ1) is 19.7. The number of amides is 2. The van der Waals surface area contributed by atoms with E-state index in [0.717, 1.165) is 30.6 Å². The number of nitrogens with zero attached hydrogens (tertiary/aromatic N) is 1. The minimum absolute atomic E-state index is 0.136. The zero-order valence-electron chi connectivity index (χ0n) is 16.5. The molecule has 28 heavy (non-hydrogen) atoms. The Bertz CT molecular complexity index is 848. The van der Waals surface area contributed by atoms with Crippen molar-refractivity contribution in [1.82, 2.24) is 5.32 Å². The molecule has 1 aliphatic rings. The van der Waals surface area contributed by atoms with Crippen LogP contribution in [0.25, 0.3) is 0 Å². The van der Waals surface area contributed by atoms with Gasteiger partial charge in [-0.25, -0.2) is 0 Å². The van der Waals surface area contributed by atoms with Crippen molar-refractivity contribution in [3.63, 3.8) is 0 Å². The van der Waals surface area contributed by atoms with Gasteiger partial charge in [0.05, 0.1) is 20.3 Å². The predicted octanol–water partition coefficient (Wildman–Crippen LogP) is 3.71. The molecule has 6 nitrogen and oxygen atoms in total. The monoisotopic (exact) mass is 382 g/mol. The van der Waals surface area contributed by atoms with Gasteiger partial charge in [-0.3, -0.25) is 9.59 Å². The van der Waals surface area contributed by atoms with Gasteiger partial charge in [-0.2, -0.15) is 0 Å². The third-order valence-electron chi connectivity index (χ3n) is 5.04. The number of rotatable bonds is 7. The number of nitrogens with one attached hydrogen (secondary N) is 1. The Balaban J connectivity index is 1.72. The van der Waals surface area contributed by atoms with Crippen LogP contribution in [0.3, 0.4) is 0 Å². The number of methoxy groups -OCH3 is 2. The van der Waals surface area contributed by atoms with Crippen LogP contribution in [-0.4, -0.2) is 32.6 Å². The fraction of sp³-hybridized carbons (Fsp3) is 0.364. The van der Waals surface area contributed by atoms with E-state index in [1.54, 1.807) is 31.3 Å². The minimum atomic E-state index is -0.152. The van der Waals surface area contributed by atoms with E-state index in [-0.39, 0.29) is 17.9 Å². The van der Waals surface area contributed by atoms with Crippen molar-refractivity contribution in [3.05, 3.63) is 53.6 Å². The summed E-state index contributed by atoms with van der Waals surface area (Å²) in [6.07, 6.45) is 2.21. The molecule has 0 aliphatic carbocycles. The van der Waals surface area contributed by atoms with E-state index in [4.69, 9.17) is 9.47 Å². The number of hydrogen-bond donors (Lipinski definition) is 1. The van der Waals surface area contributed by atoms with E-state index in [0.29, 0.717) is 23.5 Å². The molecule has 1 aliphatic heterocycles. The Morgan fingerprint density at radius 3 is 2.39 bits per heavy atom. The van der Waals surface area contributed by atoms with Crippen molar-refractivity contribution in [2.45, 2.75) is 32.2 Å². The number of hydrogen-bond acceptors (Lipinski definition) is 4. The maximum Gasteiger partial charge on any atom is 0.251 e. The molecular weight excluding hydrogens is 356 g/mol. The van der Waals surface area contributed by atoms with Crippen LogP contribution in [0.15, 0.2) is 42.5 Å². The molecule has 0 spiro atoms. The Labute approximate surface area is 165 Å². The molecule has 0 radical (unpaired) electrons. The highest BCUT2D eigenvalue weighted by Gasteiger charge is 2.22. The Kier molecular flexibility index (Phi) is 6.19. The third-order valence-corrected chi connectivity index (χ3v) is 5.04. The van der Waals surface area contributed by atoms with Gasteiger partial charge in [0.2, 0.25) is 5.91 Å². The van der Waals surface area contributed by atoms with Crippen LogP contribution >= 0.6 is 0 Å². The largest absolute Gasteiger partial charge is 0.493 e. The summed E-state index contributed by atoms with van der Waals surface area (Å²) in [5, 5.41) is 3.07. The normalized spacial score (nSPS) is 14.7. The maximum absolute atomic E-state index is 12.7. The highest BCUT2D eigenvalue weighted by molar-refractivity contribution is 5.97. The first-order chi connectivity index (χ1) is 13.6. The first-order valence-electron chi connectivity index (χ1n) is 9.50. The molecule has 1 atom stereocenters. The van der Waals surface area contributed by atoms with Crippen molar-refractivity contribution in [2.24, 2.45) is 0 Å². The highest BCUT2D eigenvalue weighted by Crippen LogP contribution is 2.31.